The molecular weight excluding hydrogens is 196 g/mol. The number of hydrogen-bond donors (Lipinski definition) is 4. The van der Waals surface area contributed by atoms with E-state index in [-0.39, 0.29) is 11.9 Å². The molecule has 0 heterocycles. The number of hydrazone groups is 2. The lowest BCUT2D eigenvalue weighted by atomic mass is 10.5. The van der Waals surface area contributed by atoms with Gasteiger partial charge in [-0.3, -0.25) is 9.98 Å². The maximum atomic E-state index is 5.35. The van der Waals surface area contributed by atoms with E-state index >= 15 is 0 Å². The zero-order chi connectivity index (χ0) is 11.7. The lowest BCUT2D eigenvalue weighted by molar-refractivity contribution is 0.993. The van der Waals surface area contributed by atoms with Crippen LogP contribution in [0, 0.1) is 0 Å². The lowest BCUT2D eigenvalue weighted by Crippen LogP contribution is -2.29. The molecule has 0 aromatic heterocycles. The van der Waals surface area contributed by atoms with E-state index in [1.165, 1.54) is 6.21 Å². The normalized spacial score (nSPS) is 14.5. The predicted molar refractivity (Wildman–Crippen MR) is 63.0 cm³/mol. The molecule has 15 heavy (non-hydrogen) atoms. The largest absolute Gasteiger partial charge is 0.369 e. The molecule has 0 aliphatic rings. The smallest absolute Gasteiger partial charge is 0.209 e. The minimum absolute atomic E-state index is 0.224. The Morgan fingerprint density at radius 3 is 2.13 bits per heavy atom. The highest BCUT2D eigenvalue weighted by Gasteiger charge is 1.87. The molecule has 8 nitrogen and oxygen atoms in total. The average molecular weight is 212 g/mol. The summed E-state index contributed by atoms with van der Waals surface area (Å²) in [6.07, 6.45) is 1.47. The summed E-state index contributed by atoms with van der Waals surface area (Å²) in [4.78, 5) is 7.31. The highest BCUT2D eigenvalue weighted by atomic mass is 15.4. The standard InChI is InChI=1S/C7H16N8/c1-5(13-15-7(9)11-3)4-12-14-6(8)10-2/h4H,1-3H3,(H3,8,10,14)(H3,9,11,15)/b12-4+,13-5+. The van der Waals surface area contributed by atoms with Crippen LogP contribution in [-0.4, -0.2) is 37.9 Å². The number of rotatable bonds is 3. The summed E-state index contributed by atoms with van der Waals surface area (Å²) < 4.78 is 0. The number of nitrogens with one attached hydrogen (secondary N) is 2. The summed E-state index contributed by atoms with van der Waals surface area (Å²) >= 11 is 0. The van der Waals surface area contributed by atoms with E-state index in [2.05, 4.69) is 31.0 Å². The van der Waals surface area contributed by atoms with Gasteiger partial charge in [0.05, 0.1) is 11.9 Å². The van der Waals surface area contributed by atoms with E-state index in [1.807, 2.05) is 0 Å². The lowest BCUT2D eigenvalue weighted by Gasteiger charge is -1.98. The fourth-order valence-corrected chi connectivity index (χ4v) is 0.466. The van der Waals surface area contributed by atoms with E-state index in [9.17, 15) is 0 Å². The Morgan fingerprint density at radius 2 is 1.60 bits per heavy atom. The van der Waals surface area contributed by atoms with Crippen LogP contribution < -0.4 is 22.3 Å². The molecule has 0 fully saturated rings. The summed E-state index contributed by atoms with van der Waals surface area (Å²) in [7, 11) is 3.11. The van der Waals surface area contributed by atoms with Gasteiger partial charge in [0.1, 0.15) is 0 Å². The van der Waals surface area contributed by atoms with Crippen LogP contribution in [0.15, 0.2) is 20.2 Å². The van der Waals surface area contributed by atoms with Gasteiger partial charge in [-0.05, 0) is 6.92 Å². The second kappa shape index (κ2) is 7.30. The number of hydrogen-bond acceptors (Lipinski definition) is 4. The van der Waals surface area contributed by atoms with Gasteiger partial charge in [-0.25, -0.2) is 10.9 Å². The second-order valence-electron chi connectivity index (χ2n) is 2.45. The molecule has 6 N–H and O–H groups in total. The monoisotopic (exact) mass is 212 g/mol. The minimum Gasteiger partial charge on any atom is -0.369 e. The molecule has 0 radical (unpaired) electrons. The van der Waals surface area contributed by atoms with Crippen molar-refractivity contribution >= 4 is 23.8 Å². The van der Waals surface area contributed by atoms with Crippen molar-refractivity contribution < 1.29 is 0 Å². The van der Waals surface area contributed by atoms with Crippen molar-refractivity contribution in [3.63, 3.8) is 0 Å². The Kier molecular flexibility index (Phi) is 6.27. The first-order valence-corrected chi connectivity index (χ1v) is 4.14. The Balaban J connectivity index is 4.07. The molecule has 0 rings (SSSR count). The molecule has 0 aliphatic heterocycles. The van der Waals surface area contributed by atoms with E-state index in [0.29, 0.717) is 5.71 Å². The van der Waals surface area contributed by atoms with Crippen molar-refractivity contribution in [2.75, 3.05) is 14.1 Å². The number of nitrogens with two attached hydrogens (primary N) is 2. The summed E-state index contributed by atoms with van der Waals surface area (Å²) in [5, 5.41) is 7.62. The van der Waals surface area contributed by atoms with Gasteiger partial charge in [0.25, 0.3) is 0 Å². The summed E-state index contributed by atoms with van der Waals surface area (Å²) in [6, 6.07) is 0. The van der Waals surface area contributed by atoms with Crippen LogP contribution in [0.2, 0.25) is 0 Å². The second-order valence-corrected chi connectivity index (χ2v) is 2.45. The summed E-state index contributed by atoms with van der Waals surface area (Å²) in [5.74, 6) is 0.451. The maximum absolute atomic E-state index is 5.35. The first-order chi connectivity index (χ1) is 7.10. The van der Waals surface area contributed by atoms with E-state index in [4.69, 9.17) is 11.5 Å². The highest BCUT2D eigenvalue weighted by molar-refractivity contribution is 6.29. The molecule has 0 unspecified atom stereocenters. The van der Waals surface area contributed by atoms with Crippen LogP contribution in [-0.2, 0) is 0 Å². The third kappa shape index (κ3) is 6.99. The topological polar surface area (TPSA) is 126 Å². The molecule has 0 aromatic carbocycles. The highest BCUT2D eigenvalue weighted by Crippen LogP contribution is 1.70. The Morgan fingerprint density at radius 1 is 1.07 bits per heavy atom. The van der Waals surface area contributed by atoms with Crippen molar-refractivity contribution in [2.24, 2.45) is 31.7 Å². The van der Waals surface area contributed by atoms with Gasteiger partial charge in [0, 0.05) is 14.1 Å². The first-order valence-electron chi connectivity index (χ1n) is 4.14. The molecule has 84 valence electrons. The number of guanidine groups is 2. The third-order valence-electron chi connectivity index (χ3n) is 1.26. The fraction of sp³-hybridized carbons (Fsp3) is 0.429. The van der Waals surface area contributed by atoms with Gasteiger partial charge < -0.3 is 11.5 Å². The van der Waals surface area contributed by atoms with Gasteiger partial charge >= 0.3 is 0 Å². The Labute approximate surface area is 88.2 Å². The molecule has 0 bridgehead atoms. The predicted octanol–water partition coefficient (Wildman–Crippen LogP) is -1.58. The molecular formula is C7H16N8. The van der Waals surface area contributed by atoms with Crippen molar-refractivity contribution in [2.45, 2.75) is 6.92 Å². The fourth-order valence-electron chi connectivity index (χ4n) is 0.466. The molecule has 0 atom stereocenters. The van der Waals surface area contributed by atoms with Crippen LogP contribution >= 0.6 is 0 Å². The Hall–Kier alpha value is -2.12. The first kappa shape index (κ1) is 12.9. The number of nitrogens with zero attached hydrogens (tertiary/aromatic N) is 4. The van der Waals surface area contributed by atoms with Gasteiger partial charge in [0.2, 0.25) is 11.9 Å². The van der Waals surface area contributed by atoms with Crippen molar-refractivity contribution in [1.82, 2.24) is 10.9 Å². The quantitative estimate of drug-likeness (QED) is 0.256. The molecule has 0 aliphatic carbocycles. The van der Waals surface area contributed by atoms with E-state index < -0.39 is 0 Å². The molecule has 0 spiro atoms. The van der Waals surface area contributed by atoms with Crippen molar-refractivity contribution in [3.8, 4) is 0 Å². The van der Waals surface area contributed by atoms with Gasteiger partial charge in [0.15, 0.2) is 0 Å². The molecule has 8 heteroatoms. The Bertz CT molecular complexity index is 300. The average Bonchev–Trinajstić information content (AvgIpc) is 2.25. The molecule has 0 saturated carbocycles. The van der Waals surface area contributed by atoms with Crippen LogP contribution in [0.4, 0.5) is 0 Å². The van der Waals surface area contributed by atoms with E-state index in [0.717, 1.165) is 0 Å². The summed E-state index contributed by atoms with van der Waals surface area (Å²) in [5.41, 5.74) is 16.3. The van der Waals surface area contributed by atoms with Crippen molar-refractivity contribution in [1.29, 1.82) is 0 Å². The van der Waals surface area contributed by atoms with Crippen LogP contribution in [0.5, 0.6) is 0 Å². The zero-order valence-corrected chi connectivity index (χ0v) is 9.02. The summed E-state index contributed by atoms with van der Waals surface area (Å²) in [6.45, 7) is 1.74. The molecule has 0 saturated heterocycles. The van der Waals surface area contributed by atoms with Gasteiger partial charge in [-0.15, -0.1) is 0 Å². The van der Waals surface area contributed by atoms with E-state index in [1.54, 1.807) is 21.0 Å². The van der Waals surface area contributed by atoms with Crippen molar-refractivity contribution in [3.05, 3.63) is 0 Å². The van der Waals surface area contributed by atoms with Crippen LogP contribution in [0.25, 0.3) is 0 Å². The maximum Gasteiger partial charge on any atom is 0.209 e. The zero-order valence-electron chi connectivity index (χ0n) is 9.02. The van der Waals surface area contributed by atoms with Gasteiger partial charge in [-0.1, -0.05) is 0 Å². The molecule has 0 amide bonds. The number of aliphatic imine (C=N–C) groups is 2. The van der Waals surface area contributed by atoms with Gasteiger partial charge in [-0.2, -0.15) is 10.2 Å². The van der Waals surface area contributed by atoms with Crippen LogP contribution in [0.1, 0.15) is 6.92 Å². The molecule has 0 aromatic rings. The minimum atomic E-state index is 0.224. The SMILES string of the molecule is CN=C(N)N/N=C/C(C)=N/NC(N)=NC. The third-order valence-corrected chi connectivity index (χ3v) is 1.26. The van der Waals surface area contributed by atoms with Crippen LogP contribution in [0.3, 0.4) is 0 Å².